The Morgan fingerprint density at radius 3 is 2.43 bits per heavy atom. The maximum absolute atomic E-state index is 13.1. The van der Waals surface area contributed by atoms with Crippen LogP contribution < -0.4 is 11.1 Å². The van der Waals surface area contributed by atoms with Gasteiger partial charge in [0.2, 0.25) is 10.0 Å². The molecule has 1 aliphatic heterocycles. The van der Waals surface area contributed by atoms with Crippen molar-refractivity contribution in [1.82, 2.24) is 28.9 Å². The number of nitrogens with one attached hydrogen (secondary N) is 2. The summed E-state index contributed by atoms with van der Waals surface area (Å²) in [6.45, 7) is 0.712. The third kappa shape index (κ3) is 3.02. The Bertz CT molecular complexity index is 1480. The van der Waals surface area contributed by atoms with E-state index in [-0.39, 0.29) is 16.3 Å². The first-order valence-corrected chi connectivity index (χ1v) is 10.9. The molecule has 10 nitrogen and oxygen atoms in total. The van der Waals surface area contributed by atoms with Gasteiger partial charge in [-0.05, 0) is 43.2 Å². The SMILES string of the molecule is O=c1[nH]c2ccc(S(=O)(=O)N3CCC(c4nnc5ccccn45)CC3)cc2[nH]c1=O. The number of benzene rings is 1. The minimum atomic E-state index is -3.73. The second kappa shape index (κ2) is 6.89. The van der Waals surface area contributed by atoms with E-state index in [1.165, 1.54) is 22.5 Å². The van der Waals surface area contributed by atoms with E-state index < -0.39 is 21.1 Å². The van der Waals surface area contributed by atoms with Crippen LogP contribution in [0.4, 0.5) is 0 Å². The van der Waals surface area contributed by atoms with Gasteiger partial charge in [-0.15, -0.1) is 10.2 Å². The zero-order chi connectivity index (χ0) is 20.9. The second-order valence-electron chi connectivity index (χ2n) is 7.28. The van der Waals surface area contributed by atoms with Gasteiger partial charge in [0.25, 0.3) is 0 Å². The fraction of sp³-hybridized carbons (Fsp3) is 0.263. The molecule has 4 heterocycles. The number of hydrogen-bond acceptors (Lipinski definition) is 6. The van der Waals surface area contributed by atoms with Gasteiger partial charge < -0.3 is 9.97 Å². The lowest BCUT2D eigenvalue weighted by molar-refractivity contribution is 0.312. The summed E-state index contributed by atoms with van der Waals surface area (Å²) in [6.07, 6.45) is 3.17. The van der Waals surface area contributed by atoms with Crippen molar-refractivity contribution in [3.63, 3.8) is 0 Å². The van der Waals surface area contributed by atoms with Gasteiger partial charge in [0.1, 0.15) is 5.82 Å². The Labute approximate surface area is 170 Å². The van der Waals surface area contributed by atoms with E-state index in [1.807, 2.05) is 28.8 Å². The first kappa shape index (κ1) is 18.7. The van der Waals surface area contributed by atoms with Crippen LogP contribution in [0.1, 0.15) is 24.6 Å². The van der Waals surface area contributed by atoms with Gasteiger partial charge in [-0.25, -0.2) is 8.42 Å². The fourth-order valence-electron chi connectivity index (χ4n) is 3.90. The van der Waals surface area contributed by atoms with Crippen LogP contribution in [-0.4, -0.2) is 50.4 Å². The van der Waals surface area contributed by atoms with E-state index >= 15 is 0 Å². The highest BCUT2D eigenvalue weighted by Gasteiger charge is 2.31. The van der Waals surface area contributed by atoms with Crippen molar-refractivity contribution in [3.8, 4) is 0 Å². The third-order valence-corrected chi connectivity index (χ3v) is 7.39. The number of hydrogen-bond donors (Lipinski definition) is 2. The number of pyridine rings is 1. The van der Waals surface area contributed by atoms with Crippen LogP contribution in [0, 0.1) is 0 Å². The molecule has 5 rings (SSSR count). The number of aromatic nitrogens is 5. The van der Waals surface area contributed by atoms with Crippen molar-refractivity contribution in [3.05, 3.63) is 69.1 Å². The molecule has 0 radical (unpaired) electrons. The Morgan fingerprint density at radius 1 is 0.933 bits per heavy atom. The van der Waals surface area contributed by atoms with Gasteiger partial charge in [0.15, 0.2) is 5.65 Å². The smallest absolute Gasteiger partial charge is 0.314 e. The molecule has 0 aliphatic carbocycles. The van der Waals surface area contributed by atoms with Crippen LogP contribution in [0.25, 0.3) is 16.7 Å². The molecule has 0 spiro atoms. The summed E-state index contributed by atoms with van der Waals surface area (Å²) in [6, 6.07) is 9.98. The van der Waals surface area contributed by atoms with Gasteiger partial charge in [-0.3, -0.25) is 14.0 Å². The molecule has 0 saturated carbocycles. The number of aromatic amines is 2. The topological polar surface area (TPSA) is 133 Å². The molecule has 3 aromatic heterocycles. The molecule has 11 heteroatoms. The van der Waals surface area contributed by atoms with E-state index in [0.717, 1.165) is 11.5 Å². The highest BCUT2D eigenvalue weighted by atomic mass is 32.2. The molecule has 30 heavy (non-hydrogen) atoms. The van der Waals surface area contributed by atoms with Gasteiger partial charge in [-0.1, -0.05) is 6.07 Å². The molecule has 1 saturated heterocycles. The average Bonchev–Trinajstić information content (AvgIpc) is 3.18. The average molecular weight is 426 g/mol. The maximum Gasteiger partial charge on any atom is 0.314 e. The fourth-order valence-corrected chi connectivity index (χ4v) is 5.39. The van der Waals surface area contributed by atoms with E-state index in [0.29, 0.717) is 31.4 Å². The number of piperidine rings is 1. The lowest BCUT2D eigenvalue weighted by atomic mass is 9.97. The number of sulfonamides is 1. The minimum Gasteiger partial charge on any atom is -0.316 e. The molecule has 1 aromatic carbocycles. The molecule has 4 aromatic rings. The van der Waals surface area contributed by atoms with Crippen molar-refractivity contribution in [2.75, 3.05) is 13.1 Å². The van der Waals surface area contributed by atoms with E-state index in [4.69, 9.17) is 0 Å². The van der Waals surface area contributed by atoms with E-state index in [2.05, 4.69) is 20.2 Å². The van der Waals surface area contributed by atoms with Crippen molar-refractivity contribution < 1.29 is 8.42 Å². The van der Waals surface area contributed by atoms with Gasteiger partial charge in [0.05, 0.1) is 15.9 Å². The summed E-state index contributed by atoms with van der Waals surface area (Å²) in [5.74, 6) is 0.960. The number of fused-ring (bicyclic) bond motifs is 2. The molecule has 154 valence electrons. The monoisotopic (exact) mass is 426 g/mol. The second-order valence-corrected chi connectivity index (χ2v) is 9.22. The Balaban J connectivity index is 1.40. The summed E-state index contributed by atoms with van der Waals surface area (Å²) in [5, 5.41) is 8.47. The largest absolute Gasteiger partial charge is 0.316 e. The lowest BCUT2D eigenvalue weighted by Crippen LogP contribution is -2.38. The summed E-state index contributed by atoms with van der Waals surface area (Å²) in [4.78, 5) is 27.9. The van der Waals surface area contributed by atoms with Crippen LogP contribution in [0.5, 0.6) is 0 Å². The van der Waals surface area contributed by atoms with Crippen LogP contribution in [0.15, 0.2) is 57.1 Å². The predicted octanol–water partition coefficient (Wildman–Crippen LogP) is 0.827. The summed E-state index contributed by atoms with van der Waals surface area (Å²) >= 11 is 0. The molecular formula is C19H18N6O4S. The summed E-state index contributed by atoms with van der Waals surface area (Å²) in [7, 11) is -3.73. The van der Waals surface area contributed by atoms with Crippen molar-refractivity contribution in [2.24, 2.45) is 0 Å². The highest BCUT2D eigenvalue weighted by Crippen LogP contribution is 2.30. The Kier molecular flexibility index (Phi) is 4.29. The van der Waals surface area contributed by atoms with Crippen LogP contribution in [0.2, 0.25) is 0 Å². The normalized spacial score (nSPS) is 16.4. The number of rotatable bonds is 3. The lowest BCUT2D eigenvalue weighted by Gasteiger charge is -2.30. The maximum atomic E-state index is 13.1. The van der Waals surface area contributed by atoms with Crippen LogP contribution >= 0.6 is 0 Å². The molecule has 0 unspecified atom stereocenters. The molecule has 1 fully saturated rings. The quantitative estimate of drug-likeness (QED) is 0.466. The zero-order valence-corrected chi connectivity index (χ0v) is 16.6. The first-order chi connectivity index (χ1) is 14.4. The summed E-state index contributed by atoms with van der Waals surface area (Å²) < 4.78 is 29.6. The standard InChI is InChI=1S/C19H18N6O4S/c26-18-19(27)21-15-11-13(4-5-14(15)20-18)30(28,29)24-9-6-12(7-10-24)17-23-22-16-3-1-2-8-25(16)17/h1-5,8,11-12H,6-7,9-10H2,(H,20,26)(H,21,27). The molecule has 0 bridgehead atoms. The third-order valence-electron chi connectivity index (χ3n) is 5.49. The van der Waals surface area contributed by atoms with Gasteiger partial charge in [-0.2, -0.15) is 4.31 Å². The molecule has 2 N–H and O–H groups in total. The minimum absolute atomic E-state index is 0.0732. The van der Waals surface area contributed by atoms with E-state index in [9.17, 15) is 18.0 Å². The van der Waals surface area contributed by atoms with E-state index in [1.54, 1.807) is 0 Å². The zero-order valence-electron chi connectivity index (χ0n) is 15.8. The molecular weight excluding hydrogens is 408 g/mol. The molecule has 0 atom stereocenters. The Morgan fingerprint density at radius 2 is 1.67 bits per heavy atom. The summed E-state index contributed by atoms with van der Waals surface area (Å²) in [5.41, 5.74) is -0.188. The molecule has 1 aliphatic rings. The van der Waals surface area contributed by atoms with Crippen molar-refractivity contribution in [2.45, 2.75) is 23.7 Å². The van der Waals surface area contributed by atoms with Crippen LogP contribution in [-0.2, 0) is 10.0 Å². The highest BCUT2D eigenvalue weighted by molar-refractivity contribution is 7.89. The van der Waals surface area contributed by atoms with Crippen LogP contribution in [0.3, 0.4) is 0 Å². The van der Waals surface area contributed by atoms with Crippen molar-refractivity contribution >= 4 is 26.7 Å². The molecule has 0 amide bonds. The Hall–Kier alpha value is -3.31. The van der Waals surface area contributed by atoms with Crippen molar-refractivity contribution in [1.29, 1.82) is 0 Å². The number of H-pyrrole nitrogens is 2. The van der Waals surface area contributed by atoms with Gasteiger partial charge >= 0.3 is 11.1 Å². The van der Waals surface area contributed by atoms with Gasteiger partial charge in [0, 0.05) is 25.2 Å². The predicted molar refractivity (Wildman–Crippen MR) is 109 cm³/mol. The number of nitrogens with zero attached hydrogens (tertiary/aromatic N) is 4. The first-order valence-electron chi connectivity index (χ1n) is 9.50.